The number of hydrogen-bond donors (Lipinski definition) is 2. The molecule has 2 amide bonds. The number of aryl methyl sites for hydroxylation is 1. The van der Waals surface area contributed by atoms with E-state index >= 15 is 0 Å². The Labute approximate surface area is 153 Å². The van der Waals surface area contributed by atoms with Crippen LogP contribution in [-0.4, -0.2) is 30.8 Å². The fraction of sp³-hybridized carbons (Fsp3) is 0.368. The largest absolute Gasteiger partial charge is 0.490 e. The molecule has 0 spiro atoms. The molecule has 2 aromatic rings. The molecule has 7 nitrogen and oxygen atoms in total. The zero-order chi connectivity index (χ0) is 18.9. The molecule has 1 heterocycles. The van der Waals surface area contributed by atoms with Crippen molar-refractivity contribution < 1.29 is 19.0 Å². The Bertz CT molecular complexity index is 722. The van der Waals surface area contributed by atoms with Gasteiger partial charge >= 0.3 is 6.03 Å². The quantitative estimate of drug-likeness (QED) is 0.737. The standard InChI is InChI=1S/C19H25N3O4/c1-5-24-15-11-14(12-16(25-6-2)18(15)26-7-3)21-19(23)22-17-10-8-9-13(4)20-17/h8-12H,5-7H2,1-4H3,(H2,20,21,22,23). The monoisotopic (exact) mass is 359 g/mol. The molecule has 0 aliphatic carbocycles. The van der Waals surface area contributed by atoms with Gasteiger partial charge in [0.25, 0.3) is 0 Å². The second-order valence-corrected chi connectivity index (χ2v) is 5.34. The number of urea groups is 1. The minimum absolute atomic E-state index is 0.405. The van der Waals surface area contributed by atoms with Crippen LogP contribution in [0.15, 0.2) is 30.3 Å². The summed E-state index contributed by atoms with van der Waals surface area (Å²) in [4.78, 5) is 16.5. The minimum atomic E-state index is -0.405. The normalized spacial score (nSPS) is 10.2. The van der Waals surface area contributed by atoms with Gasteiger partial charge in [-0.05, 0) is 39.8 Å². The van der Waals surface area contributed by atoms with Crippen LogP contribution in [0.1, 0.15) is 26.5 Å². The third kappa shape index (κ3) is 5.27. The third-order valence-electron chi connectivity index (χ3n) is 3.30. The molecule has 2 N–H and O–H groups in total. The Balaban J connectivity index is 2.22. The maximum absolute atomic E-state index is 12.3. The lowest BCUT2D eigenvalue weighted by molar-refractivity contribution is 0.260. The van der Waals surface area contributed by atoms with Crippen molar-refractivity contribution in [3.05, 3.63) is 36.0 Å². The average molecular weight is 359 g/mol. The summed E-state index contributed by atoms with van der Waals surface area (Å²) >= 11 is 0. The number of nitrogens with zero attached hydrogens (tertiary/aromatic N) is 1. The highest BCUT2D eigenvalue weighted by Crippen LogP contribution is 2.40. The minimum Gasteiger partial charge on any atom is -0.490 e. The zero-order valence-electron chi connectivity index (χ0n) is 15.6. The Morgan fingerprint density at radius 2 is 1.58 bits per heavy atom. The van der Waals surface area contributed by atoms with Crippen LogP contribution in [0.2, 0.25) is 0 Å². The number of carbonyl (C=O) groups excluding carboxylic acids is 1. The molecule has 0 fully saturated rings. The molecule has 140 valence electrons. The fourth-order valence-corrected chi connectivity index (χ4v) is 2.35. The summed E-state index contributed by atoms with van der Waals surface area (Å²) in [5.41, 5.74) is 1.35. The number of aromatic nitrogens is 1. The first-order chi connectivity index (χ1) is 12.6. The number of hydrogen-bond acceptors (Lipinski definition) is 5. The molecule has 0 bridgehead atoms. The van der Waals surface area contributed by atoms with Crippen molar-refractivity contribution in [2.75, 3.05) is 30.5 Å². The third-order valence-corrected chi connectivity index (χ3v) is 3.30. The summed E-state index contributed by atoms with van der Waals surface area (Å²) in [5.74, 6) is 2.04. The number of carbonyl (C=O) groups is 1. The van der Waals surface area contributed by atoms with E-state index in [2.05, 4.69) is 15.6 Å². The van der Waals surface area contributed by atoms with E-state index in [0.717, 1.165) is 5.69 Å². The molecule has 0 unspecified atom stereocenters. The maximum atomic E-state index is 12.3. The van der Waals surface area contributed by atoms with Gasteiger partial charge in [-0.1, -0.05) is 6.07 Å². The number of amides is 2. The van der Waals surface area contributed by atoms with Gasteiger partial charge in [0.15, 0.2) is 11.5 Å². The van der Waals surface area contributed by atoms with Crippen LogP contribution in [0.25, 0.3) is 0 Å². The highest BCUT2D eigenvalue weighted by atomic mass is 16.5. The van der Waals surface area contributed by atoms with Gasteiger partial charge < -0.3 is 19.5 Å². The van der Waals surface area contributed by atoms with Crippen LogP contribution in [0.5, 0.6) is 17.2 Å². The lowest BCUT2D eigenvalue weighted by Gasteiger charge is -2.17. The molecule has 7 heteroatoms. The lowest BCUT2D eigenvalue weighted by Crippen LogP contribution is -2.20. The molecule has 26 heavy (non-hydrogen) atoms. The fourth-order valence-electron chi connectivity index (χ4n) is 2.35. The van der Waals surface area contributed by atoms with Gasteiger partial charge in [0.1, 0.15) is 5.82 Å². The summed E-state index contributed by atoms with van der Waals surface area (Å²) in [6.07, 6.45) is 0. The van der Waals surface area contributed by atoms with Gasteiger partial charge in [0.2, 0.25) is 5.75 Å². The van der Waals surface area contributed by atoms with Gasteiger partial charge in [-0.25, -0.2) is 9.78 Å². The van der Waals surface area contributed by atoms with Crippen LogP contribution >= 0.6 is 0 Å². The molecule has 2 rings (SSSR count). The van der Waals surface area contributed by atoms with E-state index in [9.17, 15) is 4.79 Å². The number of rotatable bonds is 8. The molecule has 1 aromatic carbocycles. The van der Waals surface area contributed by atoms with Crippen LogP contribution in [0, 0.1) is 6.92 Å². The first-order valence-corrected chi connectivity index (χ1v) is 8.65. The molecule has 0 aliphatic rings. The smallest absolute Gasteiger partial charge is 0.324 e. The van der Waals surface area contributed by atoms with Crippen molar-refractivity contribution in [3.8, 4) is 17.2 Å². The highest BCUT2D eigenvalue weighted by Gasteiger charge is 2.16. The number of pyridine rings is 1. The van der Waals surface area contributed by atoms with Crippen LogP contribution in [0.3, 0.4) is 0 Å². The average Bonchev–Trinajstić information content (AvgIpc) is 2.58. The molecule has 1 aromatic heterocycles. The molecule has 0 saturated heterocycles. The second kappa shape index (κ2) is 9.50. The highest BCUT2D eigenvalue weighted by molar-refractivity contribution is 5.99. The number of benzene rings is 1. The van der Waals surface area contributed by atoms with E-state index in [1.54, 1.807) is 18.2 Å². The predicted octanol–water partition coefficient (Wildman–Crippen LogP) is 4.23. The van der Waals surface area contributed by atoms with Crippen molar-refractivity contribution in [2.45, 2.75) is 27.7 Å². The molecule has 0 saturated carbocycles. The SMILES string of the molecule is CCOc1cc(NC(=O)Nc2cccc(C)n2)cc(OCC)c1OCC. The Morgan fingerprint density at radius 3 is 2.12 bits per heavy atom. The summed E-state index contributed by atoms with van der Waals surface area (Å²) in [5, 5.41) is 5.47. The van der Waals surface area contributed by atoms with Gasteiger partial charge in [-0.3, -0.25) is 5.32 Å². The van der Waals surface area contributed by atoms with Gasteiger partial charge in [-0.2, -0.15) is 0 Å². The Morgan fingerprint density at radius 1 is 0.962 bits per heavy atom. The van der Waals surface area contributed by atoms with Gasteiger partial charge in [-0.15, -0.1) is 0 Å². The van der Waals surface area contributed by atoms with Crippen molar-refractivity contribution in [1.29, 1.82) is 0 Å². The van der Waals surface area contributed by atoms with E-state index in [-0.39, 0.29) is 0 Å². The molecule has 0 atom stereocenters. The van der Waals surface area contributed by atoms with E-state index < -0.39 is 6.03 Å². The van der Waals surface area contributed by atoms with E-state index in [1.165, 1.54) is 0 Å². The summed E-state index contributed by atoms with van der Waals surface area (Å²) in [7, 11) is 0. The maximum Gasteiger partial charge on any atom is 0.324 e. The summed E-state index contributed by atoms with van der Waals surface area (Å²) in [6.45, 7) is 8.92. The first-order valence-electron chi connectivity index (χ1n) is 8.65. The van der Waals surface area contributed by atoms with E-state index in [4.69, 9.17) is 14.2 Å². The van der Waals surface area contributed by atoms with Crippen LogP contribution < -0.4 is 24.8 Å². The second-order valence-electron chi connectivity index (χ2n) is 5.34. The summed E-state index contributed by atoms with van der Waals surface area (Å²) < 4.78 is 16.9. The van der Waals surface area contributed by atoms with Crippen molar-refractivity contribution >= 4 is 17.5 Å². The van der Waals surface area contributed by atoms with Crippen LogP contribution in [-0.2, 0) is 0 Å². The van der Waals surface area contributed by atoms with E-state index in [1.807, 2.05) is 39.8 Å². The lowest BCUT2D eigenvalue weighted by atomic mass is 10.2. The number of ether oxygens (including phenoxy) is 3. The summed E-state index contributed by atoms with van der Waals surface area (Å²) in [6, 6.07) is 8.42. The van der Waals surface area contributed by atoms with Crippen LogP contribution in [0.4, 0.5) is 16.3 Å². The van der Waals surface area contributed by atoms with Gasteiger partial charge in [0, 0.05) is 17.8 Å². The first kappa shape index (κ1) is 19.4. The topological polar surface area (TPSA) is 81.7 Å². The number of anilines is 2. The Hall–Kier alpha value is -2.96. The van der Waals surface area contributed by atoms with E-state index in [0.29, 0.717) is 48.6 Å². The van der Waals surface area contributed by atoms with Crippen molar-refractivity contribution in [1.82, 2.24) is 4.98 Å². The van der Waals surface area contributed by atoms with Crippen molar-refractivity contribution in [2.24, 2.45) is 0 Å². The molecule has 0 radical (unpaired) electrons. The van der Waals surface area contributed by atoms with Gasteiger partial charge in [0.05, 0.1) is 25.5 Å². The molecule has 0 aliphatic heterocycles. The Kier molecular flexibility index (Phi) is 7.08. The molecular formula is C19H25N3O4. The molecular weight excluding hydrogens is 334 g/mol. The number of nitrogens with one attached hydrogen (secondary N) is 2. The van der Waals surface area contributed by atoms with Crippen molar-refractivity contribution in [3.63, 3.8) is 0 Å². The zero-order valence-corrected chi connectivity index (χ0v) is 15.6. The predicted molar refractivity (Wildman–Crippen MR) is 102 cm³/mol.